The molecule has 1 heterocycles. The van der Waals surface area contributed by atoms with E-state index in [2.05, 4.69) is 5.32 Å². The summed E-state index contributed by atoms with van der Waals surface area (Å²) in [7, 11) is 1.43. The number of hydrogen-bond donors (Lipinski definition) is 1. The Morgan fingerprint density at radius 2 is 1.59 bits per heavy atom. The molecule has 1 amide bonds. The number of nitrogens with one attached hydrogen (secondary N) is 1. The van der Waals surface area contributed by atoms with E-state index in [9.17, 15) is 31.1 Å². The number of thiophene rings is 1. The number of ether oxygens (including phenoxy) is 1. The monoisotopic (exact) mass is 453 g/mol. The molecule has 3 rings (SSSR count). The highest BCUT2D eigenvalue weighted by molar-refractivity contribution is 7.21. The summed E-state index contributed by atoms with van der Waals surface area (Å²) in [5.41, 5.74) is -3.71. The topological polar surface area (TPSA) is 38.3 Å². The Morgan fingerprint density at radius 1 is 1.00 bits per heavy atom. The molecule has 2 aromatic carbocycles. The second kappa shape index (κ2) is 7.42. The van der Waals surface area contributed by atoms with E-state index in [4.69, 9.17) is 16.3 Å². The maximum Gasteiger partial charge on any atom is 0.416 e. The van der Waals surface area contributed by atoms with Crippen molar-refractivity contribution in [2.45, 2.75) is 12.4 Å². The van der Waals surface area contributed by atoms with E-state index in [1.807, 2.05) is 0 Å². The summed E-state index contributed by atoms with van der Waals surface area (Å²) in [4.78, 5) is 12.4. The van der Waals surface area contributed by atoms with Gasteiger partial charge >= 0.3 is 12.4 Å². The quantitative estimate of drug-likeness (QED) is 0.440. The molecule has 0 atom stereocenters. The van der Waals surface area contributed by atoms with E-state index >= 15 is 0 Å². The van der Waals surface area contributed by atoms with Crippen LogP contribution < -0.4 is 10.1 Å². The minimum absolute atomic E-state index is 0.0180. The molecule has 0 fully saturated rings. The Balaban J connectivity index is 2.00. The van der Waals surface area contributed by atoms with Gasteiger partial charge in [0.1, 0.15) is 10.6 Å². The summed E-state index contributed by atoms with van der Waals surface area (Å²) in [6.07, 6.45) is -10.0. The van der Waals surface area contributed by atoms with Gasteiger partial charge < -0.3 is 10.1 Å². The number of carbonyl (C=O) groups is 1. The SMILES string of the molecule is COc1ccc2sc(C(=O)Nc3cc(C(F)(F)F)cc(C(F)(F)F)c3)c(Cl)c2c1. The van der Waals surface area contributed by atoms with Crippen LogP contribution in [0.1, 0.15) is 20.8 Å². The van der Waals surface area contributed by atoms with Gasteiger partial charge in [0, 0.05) is 15.8 Å². The molecule has 0 bridgehead atoms. The number of anilines is 1. The average molecular weight is 454 g/mol. The van der Waals surface area contributed by atoms with Crippen LogP contribution in [0.25, 0.3) is 10.1 Å². The molecule has 154 valence electrons. The Bertz CT molecular complexity index is 1060. The van der Waals surface area contributed by atoms with Crippen molar-refractivity contribution in [1.82, 2.24) is 0 Å². The molecular formula is C18H10ClF6NO2S. The largest absolute Gasteiger partial charge is 0.497 e. The van der Waals surface area contributed by atoms with Crippen LogP contribution in [0.3, 0.4) is 0 Å². The third kappa shape index (κ3) is 4.43. The van der Waals surface area contributed by atoms with Gasteiger partial charge in [0.25, 0.3) is 5.91 Å². The molecule has 0 radical (unpaired) electrons. The minimum Gasteiger partial charge on any atom is -0.497 e. The molecule has 0 aliphatic heterocycles. The van der Waals surface area contributed by atoms with E-state index in [1.54, 1.807) is 18.2 Å². The first-order valence-corrected chi connectivity index (χ1v) is 8.96. The van der Waals surface area contributed by atoms with Crippen molar-refractivity contribution in [3.8, 4) is 5.75 Å². The number of amides is 1. The zero-order valence-electron chi connectivity index (χ0n) is 14.3. The highest BCUT2D eigenvalue weighted by Crippen LogP contribution is 2.40. The molecule has 0 saturated carbocycles. The van der Waals surface area contributed by atoms with Gasteiger partial charge in [-0.15, -0.1) is 11.3 Å². The zero-order chi connectivity index (χ0) is 21.6. The van der Waals surface area contributed by atoms with Crippen LogP contribution in [0.4, 0.5) is 32.0 Å². The van der Waals surface area contributed by atoms with Gasteiger partial charge in [-0.1, -0.05) is 11.6 Å². The van der Waals surface area contributed by atoms with E-state index in [-0.39, 0.29) is 16.0 Å². The molecule has 0 aliphatic rings. The molecule has 0 saturated heterocycles. The van der Waals surface area contributed by atoms with Crippen molar-refractivity contribution in [2.24, 2.45) is 0 Å². The molecular weight excluding hydrogens is 444 g/mol. The first kappa shape index (κ1) is 21.3. The fourth-order valence-electron chi connectivity index (χ4n) is 2.53. The standard InChI is InChI=1S/C18H10ClF6NO2S/c1-28-11-2-3-13-12(7-11)14(19)15(29-13)16(27)26-10-5-8(17(20,21)22)4-9(6-10)18(23,24)25/h2-7H,1H3,(H,26,27). The Morgan fingerprint density at radius 3 is 2.10 bits per heavy atom. The Kier molecular flexibility index (Phi) is 5.44. The fourth-order valence-corrected chi connectivity index (χ4v) is 3.92. The molecule has 1 aromatic heterocycles. The van der Waals surface area contributed by atoms with Crippen molar-refractivity contribution in [1.29, 1.82) is 0 Å². The van der Waals surface area contributed by atoms with Gasteiger partial charge in [0.05, 0.1) is 23.3 Å². The van der Waals surface area contributed by atoms with Crippen LogP contribution >= 0.6 is 22.9 Å². The second-order valence-corrected chi connectivity index (χ2v) is 7.29. The fraction of sp³-hybridized carbons (Fsp3) is 0.167. The normalized spacial score (nSPS) is 12.3. The number of benzene rings is 2. The molecule has 3 aromatic rings. The minimum atomic E-state index is -5.02. The summed E-state index contributed by atoms with van der Waals surface area (Å²) >= 11 is 7.13. The number of carbonyl (C=O) groups excluding carboxylic acids is 1. The average Bonchev–Trinajstić information content (AvgIpc) is 2.96. The summed E-state index contributed by atoms with van der Waals surface area (Å²) in [5, 5.41) is 2.56. The highest BCUT2D eigenvalue weighted by atomic mass is 35.5. The molecule has 3 nitrogen and oxygen atoms in total. The van der Waals surface area contributed by atoms with Gasteiger partial charge in [-0.05, 0) is 36.4 Å². The maximum absolute atomic E-state index is 13.0. The van der Waals surface area contributed by atoms with Crippen LogP contribution in [0.15, 0.2) is 36.4 Å². The van der Waals surface area contributed by atoms with E-state index in [0.29, 0.717) is 28.0 Å². The van der Waals surface area contributed by atoms with Crippen molar-refractivity contribution in [3.05, 3.63) is 57.4 Å². The summed E-state index contributed by atoms with van der Waals surface area (Å²) in [5.74, 6) is -0.459. The van der Waals surface area contributed by atoms with Gasteiger partial charge in [0.15, 0.2) is 0 Å². The van der Waals surface area contributed by atoms with Crippen LogP contribution in [0, 0.1) is 0 Å². The lowest BCUT2D eigenvalue weighted by Crippen LogP contribution is -2.15. The summed E-state index contributed by atoms with van der Waals surface area (Å²) < 4.78 is 83.4. The van der Waals surface area contributed by atoms with E-state index < -0.39 is 35.1 Å². The van der Waals surface area contributed by atoms with Crippen molar-refractivity contribution in [3.63, 3.8) is 0 Å². The Hall–Kier alpha value is -2.46. The predicted octanol–water partition coefficient (Wildman–Crippen LogP) is 6.85. The smallest absolute Gasteiger partial charge is 0.416 e. The van der Waals surface area contributed by atoms with Crippen molar-refractivity contribution >= 4 is 44.6 Å². The van der Waals surface area contributed by atoms with E-state index in [0.717, 1.165) is 11.3 Å². The predicted molar refractivity (Wildman–Crippen MR) is 97.8 cm³/mol. The van der Waals surface area contributed by atoms with Gasteiger partial charge in [0.2, 0.25) is 0 Å². The lowest BCUT2D eigenvalue weighted by molar-refractivity contribution is -0.143. The number of alkyl halides is 6. The van der Waals surface area contributed by atoms with Gasteiger partial charge in [-0.3, -0.25) is 4.79 Å². The number of hydrogen-bond acceptors (Lipinski definition) is 3. The number of methoxy groups -OCH3 is 1. The van der Waals surface area contributed by atoms with E-state index in [1.165, 1.54) is 7.11 Å². The summed E-state index contributed by atoms with van der Waals surface area (Å²) in [6, 6.07) is 5.66. The highest BCUT2D eigenvalue weighted by Gasteiger charge is 2.37. The van der Waals surface area contributed by atoms with Crippen molar-refractivity contribution in [2.75, 3.05) is 12.4 Å². The van der Waals surface area contributed by atoms with Crippen LogP contribution in [0.5, 0.6) is 5.75 Å². The lowest BCUT2D eigenvalue weighted by Gasteiger charge is -2.14. The van der Waals surface area contributed by atoms with Crippen LogP contribution in [-0.2, 0) is 12.4 Å². The molecule has 11 heteroatoms. The number of rotatable bonds is 3. The third-order valence-electron chi connectivity index (χ3n) is 3.89. The van der Waals surface area contributed by atoms with Gasteiger partial charge in [-0.25, -0.2) is 0 Å². The molecule has 1 N–H and O–H groups in total. The first-order valence-electron chi connectivity index (χ1n) is 7.77. The zero-order valence-corrected chi connectivity index (χ0v) is 15.9. The second-order valence-electron chi connectivity index (χ2n) is 5.86. The third-order valence-corrected chi connectivity index (χ3v) is 5.56. The molecule has 29 heavy (non-hydrogen) atoms. The van der Waals surface area contributed by atoms with Gasteiger partial charge in [-0.2, -0.15) is 26.3 Å². The number of halogens is 7. The number of fused-ring (bicyclic) bond motifs is 1. The van der Waals surface area contributed by atoms with Crippen molar-refractivity contribution < 1.29 is 35.9 Å². The molecule has 0 unspecified atom stereocenters. The maximum atomic E-state index is 13.0. The Labute approximate surface area is 168 Å². The van der Waals surface area contributed by atoms with Crippen LogP contribution in [-0.4, -0.2) is 13.0 Å². The first-order chi connectivity index (χ1) is 13.4. The summed E-state index contributed by atoms with van der Waals surface area (Å²) in [6.45, 7) is 0. The molecule has 0 spiro atoms. The lowest BCUT2D eigenvalue weighted by atomic mass is 10.1. The molecule has 0 aliphatic carbocycles. The van der Waals surface area contributed by atoms with Crippen LogP contribution in [0.2, 0.25) is 5.02 Å².